The summed E-state index contributed by atoms with van der Waals surface area (Å²) in [6.45, 7) is 5.47. The molecule has 1 aliphatic heterocycles. The third-order valence-electron chi connectivity index (χ3n) is 6.24. The molecule has 180 valence electrons. The number of carboxylic acid groups (broad SMARTS) is 1. The minimum Gasteiger partial charge on any atom is -0.479 e. The standard InChI is InChI=1S/C26H30N2O6/c1-25(2,3)34-24(32)28-14-8-13-26(16-28,22(29)30)27-23(31)33-15-21-19-11-6-4-9-17(19)18-10-5-7-12-20(18)21/h4-7,9-12,21H,8,13-16H2,1-3H3,(H,27,31)(H,29,30)/t26-/m1/s1. The number of hydrogen-bond acceptors (Lipinski definition) is 5. The largest absolute Gasteiger partial charge is 0.479 e. The Morgan fingerprint density at radius 1 is 1.06 bits per heavy atom. The van der Waals surface area contributed by atoms with Crippen LogP contribution in [-0.2, 0) is 14.3 Å². The van der Waals surface area contributed by atoms with E-state index in [4.69, 9.17) is 9.47 Å². The summed E-state index contributed by atoms with van der Waals surface area (Å²) in [6, 6.07) is 16.0. The van der Waals surface area contributed by atoms with Crippen LogP contribution in [-0.4, -0.2) is 59.0 Å². The maximum absolute atomic E-state index is 12.8. The van der Waals surface area contributed by atoms with E-state index in [0.29, 0.717) is 13.0 Å². The molecule has 34 heavy (non-hydrogen) atoms. The summed E-state index contributed by atoms with van der Waals surface area (Å²) in [6.07, 6.45) is -0.830. The number of fused-ring (bicyclic) bond motifs is 3. The van der Waals surface area contributed by atoms with E-state index in [2.05, 4.69) is 5.32 Å². The summed E-state index contributed by atoms with van der Waals surface area (Å²) in [4.78, 5) is 38.8. The molecule has 2 aromatic rings. The van der Waals surface area contributed by atoms with E-state index >= 15 is 0 Å². The fourth-order valence-electron chi connectivity index (χ4n) is 4.70. The van der Waals surface area contributed by atoms with Crippen LogP contribution in [0.5, 0.6) is 0 Å². The molecule has 0 saturated carbocycles. The second-order valence-corrected chi connectivity index (χ2v) is 9.84. The molecule has 0 unspecified atom stereocenters. The molecule has 1 fully saturated rings. The SMILES string of the molecule is CC(C)(C)OC(=O)N1CCC[C@](NC(=O)OCC2c3ccccc3-c3ccccc32)(C(=O)O)C1. The second kappa shape index (κ2) is 9.00. The molecule has 1 saturated heterocycles. The average molecular weight is 467 g/mol. The number of nitrogens with one attached hydrogen (secondary N) is 1. The van der Waals surface area contributed by atoms with Crippen molar-refractivity contribution in [3.05, 3.63) is 59.7 Å². The van der Waals surface area contributed by atoms with Crippen molar-refractivity contribution >= 4 is 18.2 Å². The van der Waals surface area contributed by atoms with Gasteiger partial charge in [0.1, 0.15) is 12.2 Å². The average Bonchev–Trinajstić information content (AvgIpc) is 3.10. The molecule has 8 nitrogen and oxygen atoms in total. The van der Waals surface area contributed by atoms with E-state index in [9.17, 15) is 19.5 Å². The molecular weight excluding hydrogens is 436 g/mol. The number of piperidine rings is 1. The molecule has 0 spiro atoms. The molecular formula is C26H30N2O6. The number of likely N-dealkylation sites (tertiary alicyclic amines) is 1. The first-order valence-corrected chi connectivity index (χ1v) is 11.4. The third-order valence-corrected chi connectivity index (χ3v) is 6.24. The van der Waals surface area contributed by atoms with Gasteiger partial charge in [0.15, 0.2) is 5.54 Å². The highest BCUT2D eigenvalue weighted by Crippen LogP contribution is 2.44. The van der Waals surface area contributed by atoms with E-state index in [1.165, 1.54) is 4.90 Å². The second-order valence-electron chi connectivity index (χ2n) is 9.84. The topological polar surface area (TPSA) is 105 Å². The zero-order chi connectivity index (χ0) is 24.5. The molecule has 2 amide bonds. The number of carboxylic acids is 1. The molecule has 4 rings (SSSR count). The molecule has 2 aromatic carbocycles. The van der Waals surface area contributed by atoms with Crippen LogP contribution in [0.15, 0.2) is 48.5 Å². The predicted molar refractivity (Wildman–Crippen MR) is 126 cm³/mol. The summed E-state index contributed by atoms with van der Waals surface area (Å²) in [5.41, 5.74) is 2.00. The Balaban J connectivity index is 1.45. The van der Waals surface area contributed by atoms with Gasteiger partial charge in [-0.3, -0.25) is 0 Å². The van der Waals surface area contributed by atoms with Crippen molar-refractivity contribution < 1.29 is 29.0 Å². The number of carbonyl (C=O) groups is 3. The van der Waals surface area contributed by atoms with Crippen molar-refractivity contribution in [2.75, 3.05) is 19.7 Å². The number of rotatable bonds is 4. The van der Waals surface area contributed by atoms with Gasteiger partial charge in [-0.05, 0) is 55.9 Å². The Bertz CT molecular complexity index is 1060. The third kappa shape index (κ3) is 4.71. The van der Waals surface area contributed by atoms with E-state index in [1.54, 1.807) is 20.8 Å². The highest BCUT2D eigenvalue weighted by molar-refractivity contribution is 5.86. The molecule has 2 aliphatic rings. The summed E-state index contributed by atoms with van der Waals surface area (Å²) >= 11 is 0. The lowest BCUT2D eigenvalue weighted by molar-refractivity contribution is -0.147. The fourth-order valence-corrected chi connectivity index (χ4v) is 4.70. The Morgan fingerprint density at radius 3 is 2.21 bits per heavy atom. The zero-order valence-corrected chi connectivity index (χ0v) is 19.7. The van der Waals surface area contributed by atoms with E-state index < -0.39 is 29.3 Å². The number of aliphatic carboxylic acids is 1. The van der Waals surface area contributed by atoms with E-state index in [0.717, 1.165) is 22.3 Å². The van der Waals surface area contributed by atoms with Gasteiger partial charge in [-0.25, -0.2) is 14.4 Å². The molecule has 1 atom stereocenters. The lowest BCUT2D eigenvalue weighted by Crippen LogP contribution is -2.64. The minimum atomic E-state index is -1.64. The van der Waals surface area contributed by atoms with Crippen LogP contribution in [0.25, 0.3) is 11.1 Å². The maximum atomic E-state index is 12.8. The van der Waals surface area contributed by atoms with Crippen LogP contribution in [0.2, 0.25) is 0 Å². The van der Waals surface area contributed by atoms with Crippen molar-refractivity contribution in [1.82, 2.24) is 10.2 Å². The fraction of sp³-hybridized carbons (Fsp3) is 0.423. The predicted octanol–water partition coefficient (Wildman–Crippen LogP) is 4.38. The molecule has 1 heterocycles. The lowest BCUT2D eigenvalue weighted by Gasteiger charge is -2.40. The van der Waals surface area contributed by atoms with E-state index in [-0.39, 0.29) is 25.5 Å². The minimum absolute atomic E-state index is 0.0747. The van der Waals surface area contributed by atoms with Crippen molar-refractivity contribution in [2.24, 2.45) is 0 Å². The lowest BCUT2D eigenvalue weighted by atomic mass is 9.89. The number of benzene rings is 2. The highest BCUT2D eigenvalue weighted by atomic mass is 16.6. The summed E-state index contributed by atoms with van der Waals surface area (Å²) in [5.74, 6) is -1.35. The Morgan fingerprint density at radius 2 is 1.65 bits per heavy atom. The maximum Gasteiger partial charge on any atom is 0.410 e. The molecule has 0 aromatic heterocycles. The molecule has 8 heteroatoms. The number of alkyl carbamates (subject to hydrolysis) is 1. The smallest absolute Gasteiger partial charge is 0.410 e. The van der Waals surface area contributed by atoms with Crippen LogP contribution in [0, 0.1) is 0 Å². The van der Waals surface area contributed by atoms with Gasteiger partial charge in [0.2, 0.25) is 0 Å². The van der Waals surface area contributed by atoms with Gasteiger partial charge in [0.25, 0.3) is 0 Å². The number of amides is 2. The number of nitrogens with zero attached hydrogens (tertiary/aromatic N) is 1. The molecule has 0 radical (unpaired) electrons. The van der Waals surface area contributed by atoms with Gasteiger partial charge >= 0.3 is 18.2 Å². The number of carbonyl (C=O) groups excluding carboxylic acids is 2. The summed E-state index contributed by atoms with van der Waals surface area (Å²) in [5, 5.41) is 12.5. The molecule has 1 aliphatic carbocycles. The van der Waals surface area contributed by atoms with Crippen molar-refractivity contribution in [3.8, 4) is 11.1 Å². The Kier molecular flexibility index (Phi) is 6.25. The highest BCUT2D eigenvalue weighted by Gasteiger charge is 2.46. The van der Waals surface area contributed by atoms with E-state index in [1.807, 2.05) is 48.5 Å². The van der Waals surface area contributed by atoms with Crippen LogP contribution >= 0.6 is 0 Å². The summed E-state index contributed by atoms with van der Waals surface area (Å²) in [7, 11) is 0. The first-order chi connectivity index (χ1) is 16.1. The van der Waals surface area contributed by atoms with Crippen molar-refractivity contribution in [1.29, 1.82) is 0 Å². The normalized spacial score (nSPS) is 19.7. The Labute approximate surface area is 198 Å². The van der Waals surface area contributed by atoms with Crippen LogP contribution in [0.4, 0.5) is 9.59 Å². The van der Waals surface area contributed by atoms with Gasteiger partial charge in [0, 0.05) is 12.5 Å². The van der Waals surface area contributed by atoms with Gasteiger partial charge in [0.05, 0.1) is 6.54 Å². The number of ether oxygens (including phenoxy) is 2. The van der Waals surface area contributed by atoms with Gasteiger partial charge < -0.3 is 24.8 Å². The first kappa shape index (κ1) is 23.6. The Hall–Kier alpha value is -3.55. The monoisotopic (exact) mass is 466 g/mol. The van der Waals surface area contributed by atoms with Crippen LogP contribution in [0.3, 0.4) is 0 Å². The van der Waals surface area contributed by atoms with Crippen molar-refractivity contribution in [2.45, 2.75) is 50.7 Å². The van der Waals surface area contributed by atoms with Crippen LogP contribution < -0.4 is 5.32 Å². The summed E-state index contributed by atoms with van der Waals surface area (Å²) < 4.78 is 10.9. The quantitative estimate of drug-likeness (QED) is 0.693. The molecule has 0 bridgehead atoms. The van der Waals surface area contributed by atoms with Crippen LogP contribution in [0.1, 0.15) is 50.7 Å². The first-order valence-electron chi connectivity index (χ1n) is 11.4. The van der Waals surface area contributed by atoms with Gasteiger partial charge in [-0.1, -0.05) is 48.5 Å². The van der Waals surface area contributed by atoms with Crippen molar-refractivity contribution in [3.63, 3.8) is 0 Å². The van der Waals surface area contributed by atoms with Gasteiger partial charge in [-0.2, -0.15) is 0 Å². The zero-order valence-electron chi connectivity index (χ0n) is 19.7. The van der Waals surface area contributed by atoms with Gasteiger partial charge in [-0.15, -0.1) is 0 Å². The molecule has 2 N–H and O–H groups in total. The number of hydrogen-bond donors (Lipinski definition) is 2.